The van der Waals surface area contributed by atoms with Gasteiger partial charge in [-0.2, -0.15) is 4.31 Å². The Hall–Kier alpha value is -3.10. The Morgan fingerprint density at radius 1 is 1.06 bits per heavy atom. The van der Waals surface area contributed by atoms with E-state index in [0.29, 0.717) is 37.5 Å². The highest BCUT2D eigenvalue weighted by atomic mass is 32.2. The zero-order chi connectivity index (χ0) is 23.7. The van der Waals surface area contributed by atoms with E-state index in [1.165, 1.54) is 28.7 Å². The SMILES string of the molecule is COc1ccc(/C=C/C(=O)N2CCc3[nH]c4ccccc4c3C2)cc1S(=O)(=O)N1CCCCC1. The molecule has 2 aliphatic rings. The average molecular weight is 480 g/mol. The molecule has 2 aromatic carbocycles. The van der Waals surface area contributed by atoms with Crippen LogP contribution in [0, 0.1) is 0 Å². The summed E-state index contributed by atoms with van der Waals surface area (Å²) >= 11 is 0. The van der Waals surface area contributed by atoms with E-state index < -0.39 is 10.0 Å². The molecule has 5 rings (SSSR count). The van der Waals surface area contributed by atoms with Gasteiger partial charge in [0.2, 0.25) is 15.9 Å². The summed E-state index contributed by atoms with van der Waals surface area (Å²) in [6.07, 6.45) is 6.77. The van der Waals surface area contributed by atoms with Crippen molar-refractivity contribution in [1.29, 1.82) is 0 Å². The second-order valence-corrected chi connectivity index (χ2v) is 10.8. The summed E-state index contributed by atoms with van der Waals surface area (Å²) in [7, 11) is -2.19. The molecule has 178 valence electrons. The van der Waals surface area contributed by atoms with Crippen LogP contribution in [0.1, 0.15) is 36.1 Å². The fourth-order valence-electron chi connectivity index (χ4n) is 4.87. The summed E-state index contributed by atoms with van der Waals surface area (Å²) < 4.78 is 33.4. The van der Waals surface area contributed by atoms with Crippen LogP contribution in [0.5, 0.6) is 5.75 Å². The van der Waals surface area contributed by atoms with Crippen molar-refractivity contribution in [3.05, 3.63) is 65.4 Å². The molecule has 1 aromatic heterocycles. The first-order chi connectivity index (χ1) is 16.5. The molecule has 1 amide bonds. The predicted molar refractivity (Wildman–Crippen MR) is 132 cm³/mol. The van der Waals surface area contributed by atoms with Crippen molar-refractivity contribution in [2.24, 2.45) is 0 Å². The number of sulfonamides is 1. The predicted octanol–water partition coefficient (Wildman–Crippen LogP) is 3.95. The second-order valence-electron chi connectivity index (χ2n) is 8.85. The lowest BCUT2D eigenvalue weighted by atomic mass is 10.0. The van der Waals surface area contributed by atoms with E-state index in [0.717, 1.165) is 36.6 Å². The Labute approximate surface area is 200 Å². The molecule has 0 bridgehead atoms. The molecule has 3 aromatic rings. The number of nitrogens with one attached hydrogen (secondary N) is 1. The Morgan fingerprint density at radius 3 is 2.65 bits per heavy atom. The number of amides is 1. The fraction of sp³-hybridized carbons (Fsp3) is 0.346. The smallest absolute Gasteiger partial charge is 0.246 e. The van der Waals surface area contributed by atoms with Gasteiger partial charge in [0.25, 0.3) is 0 Å². The lowest BCUT2D eigenvalue weighted by Gasteiger charge is -2.27. The number of H-pyrrole nitrogens is 1. The lowest BCUT2D eigenvalue weighted by Crippen LogP contribution is -2.35. The van der Waals surface area contributed by atoms with Crippen LogP contribution in [0.15, 0.2) is 53.4 Å². The Balaban J connectivity index is 1.36. The number of nitrogens with zero attached hydrogens (tertiary/aromatic N) is 2. The van der Waals surface area contributed by atoms with Gasteiger partial charge in [-0.3, -0.25) is 4.79 Å². The molecule has 0 spiro atoms. The molecule has 1 saturated heterocycles. The van der Waals surface area contributed by atoms with Crippen LogP contribution in [-0.2, 0) is 27.8 Å². The largest absolute Gasteiger partial charge is 0.495 e. The van der Waals surface area contributed by atoms with Crippen molar-refractivity contribution in [2.45, 2.75) is 37.1 Å². The number of hydrogen-bond donors (Lipinski definition) is 1. The van der Waals surface area contributed by atoms with Gasteiger partial charge in [0.15, 0.2) is 0 Å². The number of carbonyl (C=O) groups is 1. The van der Waals surface area contributed by atoms with Crippen molar-refractivity contribution in [3.63, 3.8) is 0 Å². The topological polar surface area (TPSA) is 82.7 Å². The van der Waals surface area contributed by atoms with E-state index in [2.05, 4.69) is 17.1 Å². The number of fused-ring (bicyclic) bond motifs is 3. The van der Waals surface area contributed by atoms with Crippen molar-refractivity contribution in [3.8, 4) is 5.75 Å². The first kappa shape index (κ1) is 22.7. The number of hydrogen-bond acceptors (Lipinski definition) is 4. The maximum absolute atomic E-state index is 13.2. The van der Waals surface area contributed by atoms with Gasteiger partial charge < -0.3 is 14.6 Å². The number of rotatable bonds is 5. The molecular formula is C26H29N3O4S. The van der Waals surface area contributed by atoms with Crippen molar-refractivity contribution < 1.29 is 17.9 Å². The van der Waals surface area contributed by atoms with Crippen molar-refractivity contribution in [1.82, 2.24) is 14.2 Å². The maximum Gasteiger partial charge on any atom is 0.246 e. The standard InChI is InChI=1S/C26H29N3O4S/c1-33-24-11-9-19(17-25(24)34(31,32)29-14-5-2-6-15-29)10-12-26(30)28-16-13-23-21(18-28)20-7-3-4-8-22(20)27-23/h3-4,7-12,17,27H,2,5-6,13-16,18H2,1H3/b12-10+. The minimum Gasteiger partial charge on any atom is -0.495 e. The first-order valence-corrected chi connectivity index (χ1v) is 13.1. The van der Waals surface area contributed by atoms with Gasteiger partial charge in [0.1, 0.15) is 10.6 Å². The number of para-hydroxylation sites is 1. The Morgan fingerprint density at radius 2 is 1.85 bits per heavy atom. The van der Waals surface area contributed by atoms with Crippen LogP contribution >= 0.6 is 0 Å². The molecule has 2 aliphatic heterocycles. The molecule has 7 nitrogen and oxygen atoms in total. The maximum atomic E-state index is 13.2. The second kappa shape index (κ2) is 9.27. The molecule has 1 N–H and O–H groups in total. The number of ether oxygens (including phenoxy) is 1. The molecule has 0 saturated carbocycles. The number of aromatic amines is 1. The quantitative estimate of drug-likeness (QED) is 0.562. The van der Waals surface area contributed by atoms with E-state index in [-0.39, 0.29) is 10.8 Å². The lowest BCUT2D eigenvalue weighted by molar-refractivity contribution is -0.126. The van der Waals surface area contributed by atoms with Crippen LogP contribution in [0.25, 0.3) is 17.0 Å². The highest BCUT2D eigenvalue weighted by Crippen LogP contribution is 2.30. The Kier molecular flexibility index (Phi) is 6.18. The number of benzene rings is 2. The molecule has 1 fully saturated rings. The molecule has 0 atom stereocenters. The number of piperidine rings is 1. The summed E-state index contributed by atoms with van der Waals surface area (Å²) in [6, 6.07) is 13.2. The van der Waals surface area contributed by atoms with Gasteiger partial charge in [-0.25, -0.2) is 8.42 Å². The third-order valence-electron chi connectivity index (χ3n) is 6.73. The summed E-state index contributed by atoms with van der Waals surface area (Å²) in [5, 5.41) is 1.15. The fourth-order valence-corrected chi connectivity index (χ4v) is 6.58. The molecule has 0 radical (unpaired) electrons. The number of aromatic nitrogens is 1. The van der Waals surface area contributed by atoms with Crippen LogP contribution in [-0.4, -0.2) is 55.3 Å². The van der Waals surface area contributed by atoms with Gasteiger partial charge in [-0.1, -0.05) is 30.7 Å². The molecule has 34 heavy (non-hydrogen) atoms. The minimum atomic E-state index is -3.66. The first-order valence-electron chi connectivity index (χ1n) is 11.7. The summed E-state index contributed by atoms with van der Waals surface area (Å²) in [6.45, 7) is 2.24. The van der Waals surface area contributed by atoms with Crippen LogP contribution in [0.2, 0.25) is 0 Å². The number of carbonyl (C=O) groups excluding carboxylic acids is 1. The zero-order valence-electron chi connectivity index (χ0n) is 19.3. The highest BCUT2D eigenvalue weighted by Gasteiger charge is 2.29. The van der Waals surface area contributed by atoms with Crippen LogP contribution < -0.4 is 4.74 Å². The van der Waals surface area contributed by atoms with Crippen LogP contribution in [0.3, 0.4) is 0 Å². The average Bonchev–Trinajstić information content (AvgIpc) is 3.25. The van der Waals surface area contributed by atoms with Crippen molar-refractivity contribution >= 4 is 32.9 Å². The van der Waals surface area contributed by atoms with Gasteiger partial charge in [-0.15, -0.1) is 0 Å². The highest BCUT2D eigenvalue weighted by molar-refractivity contribution is 7.89. The van der Waals surface area contributed by atoms with Crippen molar-refractivity contribution in [2.75, 3.05) is 26.7 Å². The van der Waals surface area contributed by atoms with Crippen LogP contribution in [0.4, 0.5) is 0 Å². The van der Waals surface area contributed by atoms with Gasteiger partial charge >= 0.3 is 0 Å². The van der Waals surface area contributed by atoms with E-state index in [4.69, 9.17) is 4.74 Å². The third-order valence-corrected chi connectivity index (χ3v) is 8.65. The van der Waals surface area contributed by atoms with E-state index in [1.807, 2.05) is 17.0 Å². The summed E-state index contributed by atoms with van der Waals surface area (Å²) in [4.78, 5) is 18.4. The van der Waals surface area contributed by atoms with Gasteiger partial charge in [0, 0.05) is 60.8 Å². The third kappa shape index (κ3) is 4.23. The molecular weight excluding hydrogens is 450 g/mol. The van der Waals surface area contributed by atoms with Gasteiger partial charge in [0.05, 0.1) is 7.11 Å². The van der Waals surface area contributed by atoms with E-state index in [9.17, 15) is 13.2 Å². The normalized spacial score (nSPS) is 17.3. The van der Waals surface area contributed by atoms with E-state index >= 15 is 0 Å². The van der Waals surface area contributed by atoms with Gasteiger partial charge in [-0.05, 0) is 42.7 Å². The monoisotopic (exact) mass is 479 g/mol. The molecule has 0 aliphatic carbocycles. The Bertz CT molecular complexity index is 1350. The minimum absolute atomic E-state index is 0.0906. The summed E-state index contributed by atoms with van der Waals surface area (Å²) in [5.41, 5.74) is 4.10. The zero-order valence-corrected chi connectivity index (χ0v) is 20.1. The molecule has 3 heterocycles. The van der Waals surface area contributed by atoms with E-state index in [1.54, 1.807) is 24.3 Å². The molecule has 8 heteroatoms. The summed E-state index contributed by atoms with van der Waals surface area (Å²) in [5.74, 6) is 0.226. The number of methoxy groups -OCH3 is 1. The molecule has 0 unspecified atom stereocenters.